The lowest BCUT2D eigenvalue weighted by atomic mass is 10.1. The van der Waals surface area contributed by atoms with E-state index in [4.69, 9.17) is 16.3 Å². The van der Waals surface area contributed by atoms with E-state index in [2.05, 4.69) is 15.6 Å². The Balaban J connectivity index is 1.86. The second-order valence-electron chi connectivity index (χ2n) is 6.97. The van der Waals surface area contributed by atoms with Crippen LogP contribution in [0.3, 0.4) is 0 Å². The third kappa shape index (κ3) is 7.26. The SMILES string of the molecule is N#CC(=Cc1cc([N+](=O)[O-])ccc1OCC(=O)Nc1nccs1)C(=O)Nc1ccc(Cl)c(C(F)(F)F)c1. The number of non-ortho nitro benzene ring substituents is 1. The van der Waals surface area contributed by atoms with Crippen molar-refractivity contribution in [2.45, 2.75) is 6.18 Å². The molecule has 0 aliphatic carbocycles. The number of nitro groups is 1. The largest absolute Gasteiger partial charge is 0.483 e. The van der Waals surface area contributed by atoms with E-state index in [0.717, 1.165) is 30.3 Å². The van der Waals surface area contributed by atoms with Gasteiger partial charge in [-0.05, 0) is 30.3 Å². The zero-order chi connectivity index (χ0) is 27.2. The summed E-state index contributed by atoms with van der Waals surface area (Å²) in [5, 5.41) is 26.7. The third-order valence-corrected chi connectivity index (χ3v) is 5.45. The molecule has 0 fully saturated rings. The van der Waals surface area contributed by atoms with E-state index in [-0.39, 0.29) is 17.0 Å². The molecule has 0 unspecified atom stereocenters. The maximum atomic E-state index is 13.1. The van der Waals surface area contributed by atoms with Crippen molar-refractivity contribution in [3.63, 3.8) is 0 Å². The second kappa shape index (κ2) is 11.5. The van der Waals surface area contributed by atoms with Gasteiger partial charge in [0.25, 0.3) is 17.5 Å². The van der Waals surface area contributed by atoms with Crippen molar-refractivity contribution in [2.24, 2.45) is 0 Å². The molecule has 37 heavy (non-hydrogen) atoms. The van der Waals surface area contributed by atoms with Crippen LogP contribution in [0.15, 0.2) is 53.5 Å². The molecule has 10 nitrogen and oxygen atoms in total. The summed E-state index contributed by atoms with van der Waals surface area (Å²) in [5.41, 5.74) is -2.61. The number of thiazole rings is 1. The minimum absolute atomic E-state index is 0.0775. The summed E-state index contributed by atoms with van der Waals surface area (Å²) < 4.78 is 44.7. The van der Waals surface area contributed by atoms with Crippen LogP contribution in [0.25, 0.3) is 6.08 Å². The Kier molecular flexibility index (Phi) is 8.43. The number of carbonyl (C=O) groups is 2. The van der Waals surface area contributed by atoms with Gasteiger partial charge in [-0.1, -0.05) is 11.6 Å². The van der Waals surface area contributed by atoms with Crippen LogP contribution in [0, 0.1) is 21.4 Å². The summed E-state index contributed by atoms with van der Waals surface area (Å²) in [7, 11) is 0. The molecule has 1 aromatic heterocycles. The first kappa shape index (κ1) is 27.1. The minimum Gasteiger partial charge on any atom is -0.483 e. The molecule has 2 amide bonds. The summed E-state index contributed by atoms with van der Waals surface area (Å²) in [6.45, 7) is -0.530. The van der Waals surface area contributed by atoms with Gasteiger partial charge < -0.3 is 10.1 Å². The number of carbonyl (C=O) groups excluding carboxylic acids is 2. The van der Waals surface area contributed by atoms with Crippen molar-refractivity contribution < 1.29 is 32.4 Å². The highest BCUT2D eigenvalue weighted by atomic mass is 35.5. The van der Waals surface area contributed by atoms with E-state index < -0.39 is 51.4 Å². The molecule has 0 spiro atoms. The predicted molar refractivity (Wildman–Crippen MR) is 128 cm³/mol. The number of anilines is 2. The van der Waals surface area contributed by atoms with Gasteiger partial charge in [-0.15, -0.1) is 11.3 Å². The average molecular weight is 552 g/mol. The molecule has 1 heterocycles. The standard InChI is InChI=1S/C22H13ClF3N5O5S/c23-17-3-1-14(9-16(17)22(24,25)26)29-20(33)13(10-27)7-12-8-15(31(34)35)2-4-18(12)36-11-19(32)30-21-28-5-6-37-21/h1-9H,11H2,(H,29,33)(H,28,30,32). The number of amides is 2. The molecule has 0 aliphatic heterocycles. The lowest BCUT2D eigenvalue weighted by molar-refractivity contribution is -0.384. The number of halogens is 4. The number of aromatic nitrogens is 1. The minimum atomic E-state index is -4.78. The van der Waals surface area contributed by atoms with Crippen LogP contribution in [0.4, 0.5) is 29.7 Å². The van der Waals surface area contributed by atoms with Crippen LogP contribution in [0.1, 0.15) is 11.1 Å². The van der Waals surface area contributed by atoms with Crippen LogP contribution in [0.5, 0.6) is 5.75 Å². The number of nitrogens with zero attached hydrogens (tertiary/aromatic N) is 3. The van der Waals surface area contributed by atoms with Gasteiger partial charge in [0.15, 0.2) is 11.7 Å². The first-order valence-corrected chi connectivity index (χ1v) is 11.1. The van der Waals surface area contributed by atoms with Gasteiger partial charge in [-0.25, -0.2) is 4.98 Å². The van der Waals surface area contributed by atoms with Gasteiger partial charge in [0.05, 0.1) is 15.5 Å². The maximum absolute atomic E-state index is 13.1. The molecule has 0 saturated carbocycles. The molecular weight excluding hydrogens is 539 g/mol. The highest BCUT2D eigenvalue weighted by Crippen LogP contribution is 2.36. The van der Waals surface area contributed by atoms with Crippen molar-refractivity contribution in [3.05, 3.63) is 79.8 Å². The highest BCUT2D eigenvalue weighted by Gasteiger charge is 2.33. The number of nitro benzene ring substituents is 1. The number of hydrogen-bond acceptors (Lipinski definition) is 8. The number of rotatable bonds is 8. The van der Waals surface area contributed by atoms with Crippen LogP contribution in [0.2, 0.25) is 5.02 Å². The Labute approximate surface area is 215 Å². The predicted octanol–water partition coefficient (Wildman–Crippen LogP) is 5.29. The summed E-state index contributed by atoms with van der Waals surface area (Å²) >= 11 is 6.73. The van der Waals surface area contributed by atoms with E-state index >= 15 is 0 Å². The Bertz CT molecular complexity index is 1420. The number of ether oxygens (including phenoxy) is 1. The molecule has 15 heteroatoms. The lowest BCUT2D eigenvalue weighted by Crippen LogP contribution is -2.20. The van der Waals surface area contributed by atoms with Gasteiger partial charge in [0.2, 0.25) is 0 Å². The molecule has 2 N–H and O–H groups in total. The highest BCUT2D eigenvalue weighted by molar-refractivity contribution is 7.13. The van der Waals surface area contributed by atoms with Crippen molar-refractivity contribution >= 4 is 57.3 Å². The fraction of sp³-hybridized carbons (Fsp3) is 0.0909. The number of alkyl halides is 3. The molecule has 0 radical (unpaired) electrons. The Morgan fingerprint density at radius 2 is 2.00 bits per heavy atom. The third-order valence-electron chi connectivity index (χ3n) is 4.44. The van der Waals surface area contributed by atoms with Crippen molar-refractivity contribution in [1.29, 1.82) is 5.26 Å². The first-order valence-electron chi connectivity index (χ1n) is 9.88. The molecule has 3 rings (SSSR count). The molecule has 190 valence electrons. The topological polar surface area (TPSA) is 147 Å². The van der Waals surface area contributed by atoms with E-state index in [1.54, 1.807) is 11.4 Å². The van der Waals surface area contributed by atoms with E-state index in [0.29, 0.717) is 11.2 Å². The smallest absolute Gasteiger partial charge is 0.417 e. The monoisotopic (exact) mass is 551 g/mol. The van der Waals surface area contributed by atoms with Gasteiger partial charge in [-0.2, -0.15) is 18.4 Å². The Morgan fingerprint density at radius 1 is 1.24 bits per heavy atom. The quantitative estimate of drug-likeness (QED) is 0.167. The first-order chi connectivity index (χ1) is 17.5. The molecule has 0 bridgehead atoms. The fourth-order valence-electron chi connectivity index (χ4n) is 2.80. The molecule has 3 aromatic rings. The van der Waals surface area contributed by atoms with Crippen LogP contribution >= 0.6 is 22.9 Å². The lowest BCUT2D eigenvalue weighted by Gasteiger charge is -2.12. The summed E-state index contributed by atoms with van der Waals surface area (Å²) in [4.78, 5) is 39.1. The second-order valence-corrected chi connectivity index (χ2v) is 8.27. The van der Waals surface area contributed by atoms with Gasteiger partial charge in [0, 0.05) is 35.0 Å². The zero-order valence-electron chi connectivity index (χ0n) is 18.2. The average Bonchev–Trinajstić information content (AvgIpc) is 3.34. The molecule has 2 aromatic carbocycles. The molecular formula is C22H13ClF3N5O5S. The Morgan fingerprint density at radius 3 is 2.62 bits per heavy atom. The van der Waals surface area contributed by atoms with E-state index in [1.807, 2.05) is 0 Å². The Hall–Kier alpha value is -4.48. The number of nitrogens with one attached hydrogen (secondary N) is 2. The van der Waals surface area contributed by atoms with Gasteiger partial charge in [-0.3, -0.25) is 25.0 Å². The molecule has 0 aliphatic rings. The maximum Gasteiger partial charge on any atom is 0.417 e. The number of benzene rings is 2. The zero-order valence-corrected chi connectivity index (χ0v) is 19.8. The summed E-state index contributed by atoms with van der Waals surface area (Å²) in [6, 6.07) is 7.47. The van der Waals surface area contributed by atoms with Crippen molar-refractivity contribution in [2.75, 3.05) is 17.2 Å². The van der Waals surface area contributed by atoms with Crippen LogP contribution in [-0.2, 0) is 15.8 Å². The van der Waals surface area contributed by atoms with Gasteiger partial charge in [0.1, 0.15) is 17.4 Å². The molecule has 0 atom stereocenters. The van der Waals surface area contributed by atoms with Crippen LogP contribution in [-0.4, -0.2) is 28.3 Å². The van der Waals surface area contributed by atoms with E-state index in [9.17, 15) is 38.1 Å². The fourth-order valence-corrected chi connectivity index (χ4v) is 3.57. The van der Waals surface area contributed by atoms with Crippen molar-refractivity contribution in [1.82, 2.24) is 4.98 Å². The molecule has 0 saturated heterocycles. The number of hydrogen-bond donors (Lipinski definition) is 2. The number of nitriles is 1. The summed E-state index contributed by atoms with van der Waals surface area (Å²) in [6.07, 6.45) is -2.37. The van der Waals surface area contributed by atoms with E-state index in [1.165, 1.54) is 23.6 Å². The van der Waals surface area contributed by atoms with Crippen molar-refractivity contribution in [3.8, 4) is 11.8 Å². The van der Waals surface area contributed by atoms with Crippen LogP contribution < -0.4 is 15.4 Å². The summed E-state index contributed by atoms with van der Waals surface area (Å²) in [5.74, 6) is -1.77. The normalized spacial score (nSPS) is 11.4. The van der Waals surface area contributed by atoms with Gasteiger partial charge >= 0.3 is 6.18 Å².